The Morgan fingerprint density at radius 1 is 1.83 bits per heavy atom. The minimum atomic E-state index is 0. The van der Waals surface area contributed by atoms with E-state index in [1.165, 1.54) is 6.26 Å². The molecule has 0 aliphatic carbocycles. The molecule has 1 nitrogen and oxygen atoms in total. The summed E-state index contributed by atoms with van der Waals surface area (Å²) in [6.45, 7) is 5.97. The van der Waals surface area contributed by atoms with E-state index in [2.05, 4.69) is 11.3 Å². The van der Waals surface area contributed by atoms with E-state index in [1.807, 2.05) is 6.92 Å². The first-order valence-corrected chi connectivity index (χ1v) is 1.64. The molecule has 0 heterocycles. The smallest absolute Gasteiger partial charge is 0.0844 e. The van der Waals surface area contributed by atoms with Crippen LogP contribution in [0.5, 0.6) is 0 Å². The van der Waals surface area contributed by atoms with Gasteiger partial charge in [-0.25, -0.2) is 0 Å². The van der Waals surface area contributed by atoms with Gasteiger partial charge in [0.05, 0.1) is 12.9 Å². The van der Waals surface area contributed by atoms with Crippen LogP contribution in [0.1, 0.15) is 6.92 Å². The third-order valence-corrected chi connectivity index (χ3v) is 0.285. The van der Waals surface area contributed by atoms with Gasteiger partial charge in [0.1, 0.15) is 0 Å². The Kier molecular flexibility index (Phi) is 13.3. The molecule has 0 rings (SSSR count). The van der Waals surface area contributed by atoms with Gasteiger partial charge in [-0.2, -0.15) is 0 Å². The van der Waals surface area contributed by atoms with Gasteiger partial charge in [0.2, 0.25) is 0 Å². The van der Waals surface area contributed by atoms with E-state index in [9.17, 15) is 0 Å². The van der Waals surface area contributed by atoms with Crippen LogP contribution >= 0.6 is 0 Å². The van der Waals surface area contributed by atoms with Crippen LogP contribution in [0.2, 0.25) is 0 Å². The molecule has 0 fully saturated rings. The normalized spacial score (nSPS) is 5.50. The molecule has 0 amide bonds. The van der Waals surface area contributed by atoms with Crippen molar-refractivity contribution in [3.05, 3.63) is 12.8 Å². The van der Waals surface area contributed by atoms with Gasteiger partial charge in [0.15, 0.2) is 0 Å². The second kappa shape index (κ2) is 8.82. The lowest BCUT2D eigenvalue weighted by Gasteiger charge is -1.84. The lowest BCUT2D eigenvalue weighted by molar-refractivity contribution is 0.270. The zero-order valence-electron chi connectivity index (χ0n) is 3.81. The molecule has 0 saturated heterocycles. The highest BCUT2D eigenvalue weighted by Gasteiger charge is 1.55. The van der Waals surface area contributed by atoms with Gasteiger partial charge in [-0.1, -0.05) is 6.58 Å². The van der Waals surface area contributed by atoms with Crippen LogP contribution < -0.4 is 0 Å². The maximum absolute atomic E-state index is 4.60. The molecule has 0 spiro atoms. The molecule has 0 unspecified atom stereocenters. The van der Waals surface area contributed by atoms with Crippen molar-refractivity contribution in [2.24, 2.45) is 0 Å². The number of hydrogen-bond acceptors (Lipinski definition) is 1. The molecule has 0 aliphatic heterocycles. The van der Waals surface area contributed by atoms with Crippen LogP contribution in [-0.2, 0) is 4.74 Å². The van der Waals surface area contributed by atoms with Crippen LogP contribution in [0, 0.1) is 0 Å². The third-order valence-electron chi connectivity index (χ3n) is 0.285. The topological polar surface area (TPSA) is 9.23 Å². The van der Waals surface area contributed by atoms with E-state index in [0.717, 1.165) is 6.61 Å². The van der Waals surface area contributed by atoms with Gasteiger partial charge in [-0.3, -0.25) is 4.70 Å². The predicted molar refractivity (Wildman–Crippen MR) is 24.3 cm³/mol. The average Bonchev–Trinajstić information content (AvgIpc) is 1.41. The highest BCUT2D eigenvalue weighted by molar-refractivity contribution is 4.45. The van der Waals surface area contributed by atoms with Gasteiger partial charge >= 0.3 is 0 Å². The zero-order chi connectivity index (χ0) is 4.12. The van der Waals surface area contributed by atoms with E-state index >= 15 is 0 Å². The molecule has 0 radical (unpaired) electrons. The van der Waals surface area contributed by atoms with Gasteiger partial charge in [0, 0.05) is 0 Å². The Morgan fingerprint density at radius 3 is 2.33 bits per heavy atom. The minimum Gasteiger partial charge on any atom is -0.502 e. The zero-order valence-corrected chi connectivity index (χ0v) is 3.81. The van der Waals surface area contributed by atoms with E-state index < -0.39 is 0 Å². The highest BCUT2D eigenvalue weighted by atomic mass is 19.0. The Morgan fingerprint density at radius 2 is 2.33 bits per heavy atom. The second-order valence-corrected chi connectivity index (χ2v) is 0.622. The lowest BCUT2D eigenvalue weighted by Crippen LogP contribution is -1.72. The first-order chi connectivity index (χ1) is 2.41. The van der Waals surface area contributed by atoms with E-state index in [4.69, 9.17) is 0 Å². The number of rotatable bonds is 2. The molecule has 38 valence electrons. The maximum atomic E-state index is 4.60. The Bertz CT molecular complexity index is 28.7. The van der Waals surface area contributed by atoms with E-state index in [-0.39, 0.29) is 4.70 Å². The fourth-order valence-corrected chi connectivity index (χ4v) is 0.118. The molecule has 0 saturated carbocycles. The first-order valence-electron chi connectivity index (χ1n) is 1.64. The monoisotopic (exact) mass is 92.1 g/mol. The molecule has 0 aromatic rings. The van der Waals surface area contributed by atoms with Crippen LogP contribution in [0.3, 0.4) is 0 Å². The van der Waals surface area contributed by atoms with Crippen LogP contribution in [0.25, 0.3) is 0 Å². The van der Waals surface area contributed by atoms with Gasteiger partial charge in [-0.05, 0) is 6.92 Å². The van der Waals surface area contributed by atoms with Crippen molar-refractivity contribution in [1.82, 2.24) is 0 Å². The van der Waals surface area contributed by atoms with Crippen LogP contribution in [-0.4, -0.2) is 6.61 Å². The summed E-state index contributed by atoms with van der Waals surface area (Å²) in [6.07, 6.45) is 1.43. The lowest BCUT2D eigenvalue weighted by atomic mass is 10.9. The minimum absolute atomic E-state index is 0. The standard InChI is InChI=1S/C4H8O.FH/c1-3-5-4-2;/h3H,1,4H2,2H3;1H. The summed E-state index contributed by atoms with van der Waals surface area (Å²) in [4.78, 5) is 0. The first kappa shape index (κ1) is 9.08. The molecular formula is C4H9FO. The Balaban J connectivity index is 0. The van der Waals surface area contributed by atoms with Gasteiger partial charge in [0.25, 0.3) is 0 Å². The highest BCUT2D eigenvalue weighted by Crippen LogP contribution is 1.65. The molecule has 6 heavy (non-hydrogen) atoms. The van der Waals surface area contributed by atoms with Gasteiger partial charge < -0.3 is 4.74 Å². The number of hydrogen-bond donors (Lipinski definition) is 0. The third kappa shape index (κ3) is 9.80. The maximum Gasteiger partial charge on any atom is 0.0844 e. The predicted octanol–water partition coefficient (Wildman–Crippen LogP) is 1.32. The van der Waals surface area contributed by atoms with E-state index in [0.29, 0.717) is 0 Å². The Labute approximate surface area is 37.0 Å². The van der Waals surface area contributed by atoms with Crippen molar-refractivity contribution in [1.29, 1.82) is 0 Å². The molecule has 0 aliphatic rings. The van der Waals surface area contributed by atoms with Crippen molar-refractivity contribution in [3.63, 3.8) is 0 Å². The van der Waals surface area contributed by atoms with E-state index in [1.54, 1.807) is 0 Å². The number of halogens is 1. The quantitative estimate of drug-likeness (QED) is 0.467. The molecule has 0 N–H and O–H groups in total. The summed E-state index contributed by atoms with van der Waals surface area (Å²) in [6, 6.07) is 0. The average molecular weight is 92.1 g/mol. The number of ether oxygens (including phenoxy) is 1. The molecule has 2 heteroatoms. The molecule has 0 bridgehead atoms. The summed E-state index contributed by atoms with van der Waals surface area (Å²) in [5.41, 5.74) is 0. The molecular weight excluding hydrogens is 83.0 g/mol. The fraction of sp³-hybridized carbons (Fsp3) is 0.500. The van der Waals surface area contributed by atoms with Crippen molar-refractivity contribution in [2.75, 3.05) is 6.61 Å². The van der Waals surface area contributed by atoms with Crippen molar-refractivity contribution in [2.45, 2.75) is 6.92 Å². The summed E-state index contributed by atoms with van der Waals surface area (Å²) in [5, 5.41) is 0. The molecule has 0 aromatic heterocycles. The van der Waals surface area contributed by atoms with Crippen LogP contribution in [0.4, 0.5) is 4.70 Å². The second-order valence-electron chi connectivity index (χ2n) is 0.622. The summed E-state index contributed by atoms with van der Waals surface area (Å²) in [5.74, 6) is 0. The van der Waals surface area contributed by atoms with Crippen LogP contribution in [0.15, 0.2) is 12.8 Å². The summed E-state index contributed by atoms with van der Waals surface area (Å²) < 4.78 is 4.60. The van der Waals surface area contributed by atoms with Crippen molar-refractivity contribution < 1.29 is 9.44 Å². The summed E-state index contributed by atoms with van der Waals surface area (Å²) in [7, 11) is 0. The summed E-state index contributed by atoms with van der Waals surface area (Å²) >= 11 is 0. The Hall–Kier alpha value is -0.530. The van der Waals surface area contributed by atoms with Gasteiger partial charge in [-0.15, -0.1) is 0 Å². The SMILES string of the molecule is C=COCC.F. The van der Waals surface area contributed by atoms with Crippen molar-refractivity contribution >= 4 is 0 Å². The molecule has 0 atom stereocenters. The largest absolute Gasteiger partial charge is 0.502 e. The fourth-order valence-electron chi connectivity index (χ4n) is 0.118. The molecule has 0 aromatic carbocycles. The van der Waals surface area contributed by atoms with Crippen molar-refractivity contribution in [3.8, 4) is 0 Å².